The molecule has 0 amide bonds. The Balaban J connectivity index is 1.90. The second-order valence-electron chi connectivity index (χ2n) is 4.47. The highest BCUT2D eigenvalue weighted by Gasteiger charge is 2.19. The fourth-order valence-electron chi connectivity index (χ4n) is 2.44. The summed E-state index contributed by atoms with van der Waals surface area (Å²) in [6.07, 6.45) is 6.00. The van der Waals surface area contributed by atoms with Gasteiger partial charge in [-0.05, 0) is 12.8 Å². The van der Waals surface area contributed by atoms with Gasteiger partial charge in [0, 0.05) is 44.1 Å². The average molecular weight is 235 g/mol. The maximum atomic E-state index is 8.99. The van der Waals surface area contributed by atoms with Gasteiger partial charge in [-0.1, -0.05) is 0 Å². The molecule has 3 heterocycles. The van der Waals surface area contributed by atoms with Gasteiger partial charge in [-0.2, -0.15) is 5.10 Å². The van der Waals surface area contributed by atoms with Crippen LogP contribution in [0.4, 0.5) is 0 Å². The van der Waals surface area contributed by atoms with Gasteiger partial charge in [0.1, 0.15) is 5.65 Å². The van der Waals surface area contributed by atoms with Gasteiger partial charge in [0.05, 0.1) is 12.3 Å². The second-order valence-corrected chi connectivity index (χ2v) is 4.47. The number of imidazole rings is 1. The first-order valence-corrected chi connectivity index (χ1v) is 6.11. The third kappa shape index (κ3) is 1.96. The van der Waals surface area contributed by atoms with Crippen LogP contribution in [0.2, 0.25) is 0 Å². The smallest absolute Gasteiger partial charge is 0.136 e. The van der Waals surface area contributed by atoms with Gasteiger partial charge in [-0.25, -0.2) is 4.52 Å². The minimum atomic E-state index is 0.155. The minimum Gasteiger partial charge on any atom is -0.395 e. The highest BCUT2D eigenvalue weighted by Crippen LogP contribution is 2.26. The lowest BCUT2D eigenvalue weighted by atomic mass is 9.97. The SMILES string of the molecule is OCCn1ccn2nc(C3CCOCC3)cc12. The van der Waals surface area contributed by atoms with E-state index < -0.39 is 0 Å². The molecule has 1 saturated heterocycles. The van der Waals surface area contributed by atoms with E-state index in [9.17, 15) is 0 Å². The monoisotopic (exact) mass is 235 g/mol. The van der Waals surface area contributed by atoms with E-state index in [-0.39, 0.29) is 6.61 Å². The predicted molar refractivity (Wildman–Crippen MR) is 63.1 cm³/mol. The molecule has 1 aliphatic rings. The van der Waals surface area contributed by atoms with Crippen LogP contribution in [-0.4, -0.2) is 39.1 Å². The molecule has 5 nitrogen and oxygen atoms in total. The maximum Gasteiger partial charge on any atom is 0.136 e. The summed E-state index contributed by atoms with van der Waals surface area (Å²) < 4.78 is 9.28. The standard InChI is InChI=1S/C12H17N3O2/c16-6-5-14-3-4-15-12(14)9-11(13-15)10-1-7-17-8-2-10/h3-4,9-10,16H,1-2,5-8H2. The fraction of sp³-hybridized carbons (Fsp3) is 0.583. The van der Waals surface area contributed by atoms with Gasteiger partial charge in [0.15, 0.2) is 0 Å². The number of fused-ring (bicyclic) bond motifs is 1. The van der Waals surface area contributed by atoms with Crippen LogP contribution in [0.1, 0.15) is 24.5 Å². The van der Waals surface area contributed by atoms with E-state index in [1.807, 2.05) is 21.5 Å². The van der Waals surface area contributed by atoms with Crippen LogP contribution in [-0.2, 0) is 11.3 Å². The third-order valence-corrected chi connectivity index (χ3v) is 3.40. The van der Waals surface area contributed by atoms with Gasteiger partial charge in [0.25, 0.3) is 0 Å². The zero-order chi connectivity index (χ0) is 11.7. The van der Waals surface area contributed by atoms with Crippen LogP contribution in [0.25, 0.3) is 5.65 Å². The molecule has 3 rings (SSSR count). The summed E-state index contributed by atoms with van der Waals surface area (Å²) in [6.45, 7) is 2.45. The molecule has 1 fully saturated rings. The van der Waals surface area contributed by atoms with E-state index in [2.05, 4.69) is 11.2 Å². The number of aliphatic hydroxyl groups excluding tert-OH is 1. The van der Waals surface area contributed by atoms with Crippen molar-refractivity contribution in [3.63, 3.8) is 0 Å². The summed E-state index contributed by atoms with van der Waals surface area (Å²) in [5.74, 6) is 0.520. The van der Waals surface area contributed by atoms with Crippen molar-refractivity contribution in [1.29, 1.82) is 0 Å². The predicted octanol–water partition coefficient (Wildman–Crippen LogP) is 1.02. The molecule has 0 spiro atoms. The Kier molecular flexibility index (Phi) is 2.86. The molecule has 2 aromatic heterocycles. The lowest BCUT2D eigenvalue weighted by molar-refractivity contribution is 0.0844. The Morgan fingerprint density at radius 3 is 2.94 bits per heavy atom. The Morgan fingerprint density at radius 2 is 2.18 bits per heavy atom. The minimum absolute atomic E-state index is 0.155. The van der Waals surface area contributed by atoms with Gasteiger partial charge in [0.2, 0.25) is 0 Å². The van der Waals surface area contributed by atoms with Crippen molar-refractivity contribution >= 4 is 5.65 Å². The van der Waals surface area contributed by atoms with Crippen molar-refractivity contribution in [2.24, 2.45) is 0 Å². The normalized spacial score (nSPS) is 17.9. The van der Waals surface area contributed by atoms with Crippen molar-refractivity contribution in [2.75, 3.05) is 19.8 Å². The van der Waals surface area contributed by atoms with Crippen LogP contribution in [0, 0.1) is 0 Å². The van der Waals surface area contributed by atoms with Gasteiger partial charge in [-0.3, -0.25) is 0 Å². The number of hydrogen-bond acceptors (Lipinski definition) is 3. The van der Waals surface area contributed by atoms with Crippen molar-refractivity contribution in [2.45, 2.75) is 25.3 Å². The van der Waals surface area contributed by atoms with E-state index in [4.69, 9.17) is 9.84 Å². The first kappa shape index (κ1) is 10.8. The largest absolute Gasteiger partial charge is 0.395 e. The van der Waals surface area contributed by atoms with Crippen molar-refractivity contribution in [1.82, 2.24) is 14.2 Å². The molecule has 0 aliphatic carbocycles. The average Bonchev–Trinajstić information content (AvgIpc) is 2.93. The molecule has 0 atom stereocenters. The first-order chi connectivity index (χ1) is 8.38. The number of nitrogens with zero attached hydrogens (tertiary/aromatic N) is 3. The van der Waals surface area contributed by atoms with Gasteiger partial charge < -0.3 is 14.4 Å². The Labute approximate surface area is 99.6 Å². The zero-order valence-corrected chi connectivity index (χ0v) is 9.75. The second kappa shape index (κ2) is 4.50. The molecule has 17 heavy (non-hydrogen) atoms. The third-order valence-electron chi connectivity index (χ3n) is 3.40. The van der Waals surface area contributed by atoms with Crippen LogP contribution in [0.15, 0.2) is 18.5 Å². The maximum absolute atomic E-state index is 8.99. The van der Waals surface area contributed by atoms with Crippen LogP contribution in [0.3, 0.4) is 0 Å². The van der Waals surface area contributed by atoms with E-state index >= 15 is 0 Å². The summed E-state index contributed by atoms with van der Waals surface area (Å²) in [7, 11) is 0. The number of rotatable bonds is 3. The lowest BCUT2D eigenvalue weighted by Gasteiger charge is -2.19. The molecule has 5 heteroatoms. The van der Waals surface area contributed by atoms with E-state index in [1.165, 1.54) is 0 Å². The number of hydrogen-bond donors (Lipinski definition) is 1. The molecule has 0 saturated carbocycles. The molecule has 92 valence electrons. The first-order valence-electron chi connectivity index (χ1n) is 6.11. The summed E-state index contributed by atoms with van der Waals surface area (Å²) in [5, 5.41) is 13.6. The Morgan fingerprint density at radius 1 is 1.35 bits per heavy atom. The molecule has 0 radical (unpaired) electrons. The Bertz CT molecular complexity index is 497. The van der Waals surface area contributed by atoms with Crippen LogP contribution in [0.5, 0.6) is 0 Å². The number of aromatic nitrogens is 3. The summed E-state index contributed by atoms with van der Waals surface area (Å²) in [4.78, 5) is 0. The van der Waals surface area contributed by atoms with E-state index in [1.54, 1.807) is 0 Å². The van der Waals surface area contributed by atoms with Crippen LogP contribution >= 0.6 is 0 Å². The zero-order valence-electron chi connectivity index (χ0n) is 9.75. The summed E-state index contributed by atoms with van der Waals surface area (Å²) >= 11 is 0. The molecular formula is C12H17N3O2. The van der Waals surface area contributed by atoms with Crippen molar-refractivity contribution < 1.29 is 9.84 Å². The molecule has 0 unspecified atom stereocenters. The molecule has 1 N–H and O–H groups in total. The molecule has 1 aliphatic heterocycles. The topological polar surface area (TPSA) is 51.7 Å². The van der Waals surface area contributed by atoms with Crippen molar-refractivity contribution in [3.05, 3.63) is 24.2 Å². The van der Waals surface area contributed by atoms with Crippen LogP contribution < -0.4 is 0 Å². The van der Waals surface area contributed by atoms with E-state index in [0.717, 1.165) is 37.4 Å². The number of ether oxygens (including phenoxy) is 1. The summed E-state index contributed by atoms with van der Waals surface area (Å²) in [5.41, 5.74) is 2.20. The number of aliphatic hydroxyl groups is 1. The molecule has 2 aromatic rings. The Hall–Kier alpha value is -1.33. The summed E-state index contributed by atoms with van der Waals surface area (Å²) in [6, 6.07) is 2.13. The lowest BCUT2D eigenvalue weighted by Crippen LogP contribution is -2.14. The highest BCUT2D eigenvalue weighted by atomic mass is 16.5. The molecule has 0 bridgehead atoms. The van der Waals surface area contributed by atoms with Gasteiger partial charge >= 0.3 is 0 Å². The van der Waals surface area contributed by atoms with Gasteiger partial charge in [-0.15, -0.1) is 0 Å². The van der Waals surface area contributed by atoms with E-state index in [0.29, 0.717) is 12.5 Å². The molecule has 0 aromatic carbocycles. The quantitative estimate of drug-likeness (QED) is 0.864. The fourth-order valence-corrected chi connectivity index (χ4v) is 2.44. The molecular weight excluding hydrogens is 218 g/mol. The highest BCUT2D eigenvalue weighted by molar-refractivity contribution is 5.42. The van der Waals surface area contributed by atoms with Crippen molar-refractivity contribution in [3.8, 4) is 0 Å².